The maximum atomic E-state index is 4.53. The van der Waals surface area contributed by atoms with Crippen molar-refractivity contribution in [1.29, 1.82) is 0 Å². The summed E-state index contributed by atoms with van der Waals surface area (Å²) in [7, 11) is 0. The molecule has 0 amide bonds. The van der Waals surface area contributed by atoms with Crippen LogP contribution in [-0.4, -0.2) is 17.2 Å². The van der Waals surface area contributed by atoms with Crippen LogP contribution in [-0.2, 0) is 0 Å². The molecule has 3 unspecified atom stereocenters. The average Bonchev–Trinajstić information content (AvgIpc) is 2.74. The number of hydrogen-bond donors (Lipinski definition) is 0. The van der Waals surface area contributed by atoms with Crippen LogP contribution in [0.4, 0.5) is 0 Å². The lowest BCUT2D eigenvalue weighted by atomic mass is 9.83. The van der Waals surface area contributed by atoms with Gasteiger partial charge in [-0.05, 0) is 17.7 Å². The Morgan fingerprint density at radius 1 is 1.00 bits per heavy atom. The van der Waals surface area contributed by atoms with Gasteiger partial charge >= 0.3 is 0 Å². The second kappa shape index (κ2) is 3.46. The molecule has 0 saturated heterocycles. The Bertz CT molecular complexity index is 431. The summed E-state index contributed by atoms with van der Waals surface area (Å²) in [6, 6.07) is 4.49. The Kier molecular flexibility index (Phi) is 1.98. The zero-order valence-electron chi connectivity index (χ0n) is 8.32. The summed E-state index contributed by atoms with van der Waals surface area (Å²) in [6.07, 6.45) is 14.4. The number of fused-ring (bicyclic) bond motifs is 1. The van der Waals surface area contributed by atoms with Gasteiger partial charge in [-0.1, -0.05) is 24.3 Å². The summed E-state index contributed by atoms with van der Waals surface area (Å²) in [4.78, 5) is 8.58. The smallest absolute Gasteiger partial charge is 0.0751 e. The van der Waals surface area contributed by atoms with E-state index < -0.39 is 0 Å². The largest absolute Gasteiger partial charge is 0.289 e. The Balaban J connectivity index is 1.93. The van der Waals surface area contributed by atoms with Crippen LogP contribution in [0.25, 0.3) is 0 Å². The first-order valence-electron chi connectivity index (χ1n) is 5.23. The van der Waals surface area contributed by atoms with E-state index in [0.29, 0.717) is 17.9 Å². The topological polar surface area (TPSA) is 25.2 Å². The molecule has 2 heterocycles. The van der Waals surface area contributed by atoms with Gasteiger partial charge in [0.25, 0.3) is 0 Å². The van der Waals surface area contributed by atoms with Crippen LogP contribution in [0, 0.1) is 5.92 Å². The van der Waals surface area contributed by atoms with E-state index in [1.807, 2.05) is 12.4 Å². The minimum atomic E-state index is 0.341. The molecule has 0 radical (unpaired) electrons. The van der Waals surface area contributed by atoms with E-state index in [1.165, 1.54) is 5.56 Å². The standard InChI is InChI=1S/C13H12N2/c1-2-4-13-11(3-1)12(9-15-13)10-5-7-14-8-6-10/h1-9,11-13H. The zero-order valence-corrected chi connectivity index (χ0v) is 8.32. The third-order valence-corrected chi connectivity index (χ3v) is 3.07. The highest BCUT2D eigenvalue weighted by atomic mass is 14.8. The van der Waals surface area contributed by atoms with E-state index in [2.05, 4.69) is 52.6 Å². The van der Waals surface area contributed by atoms with Crippen molar-refractivity contribution in [3.8, 4) is 0 Å². The molecular weight excluding hydrogens is 184 g/mol. The maximum absolute atomic E-state index is 4.53. The van der Waals surface area contributed by atoms with Crippen LogP contribution in [0.1, 0.15) is 11.5 Å². The first kappa shape index (κ1) is 8.60. The molecule has 1 aromatic rings. The number of hydrogen-bond acceptors (Lipinski definition) is 2. The molecule has 1 aliphatic heterocycles. The predicted octanol–water partition coefficient (Wildman–Crippen LogP) is 2.36. The van der Waals surface area contributed by atoms with Crippen molar-refractivity contribution < 1.29 is 0 Å². The van der Waals surface area contributed by atoms with Crippen LogP contribution in [0.2, 0.25) is 0 Å². The Morgan fingerprint density at radius 2 is 1.80 bits per heavy atom. The molecule has 0 bridgehead atoms. The van der Waals surface area contributed by atoms with Crippen molar-refractivity contribution in [3.63, 3.8) is 0 Å². The molecule has 2 heteroatoms. The molecule has 0 aromatic carbocycles. The van der Waals surface area contributed by atoms with Crippen LogP contribution >= 0.6 is 0 Å². The van der Waals surface area contributed by atoms with Crippen LogP contribution < -0.4 is 0 Å². The summed E-state index contributed by atoms with van der Waals surface area (Å²) in [6.45, 7) is 0. The summed E-state index contributed by atoms with van der Waals surface area (Å²) in [5.74, 6) is 0.914. The lowest BCUT2D eigenvalue weighted by molar-refractivity contribution is 0.584. The number of aromatic nitrogens is 1. The molecule has 0 saturated carbocycles. The lowest BCUT2D eigenvalue weighted by Gasteiger charge is -2.20. The summed E-state index contributed by atoms with van der Waals surface area (Å²) >= 11 is 0. The summed E-state index contributed by atoms with van der Waals surface area (Å²) in [5.41, 5.74) is 1.31. The third-order valence-electron chi connectivity index (χ3n) is 3.07. The second-order valence-electron chi connectivity index (χ2n) is 3.94. The highest BCUT2D eigenvalue weighted by Crippen LogP contribution is 2.35. The first-order valence-corrected chi connectivity index (χ1v) is 5.23. The van der Waals surface area contributed by atoms with Gasteiger partial charge in [0.05, 0.1) is 6.04 Å². The van der Waals surface area contributed by atoms with Crippen molar-refractivity contribution in [1.82, 2.24) is 4.98 Å². The van der Waals surface area contributed by atoms with Gasteiger partial charge in [0, 0.05) is 30.4 Å². The third kappa shape index (κ3) is 1.42. The quantitative estimate of drug-likeness (QED) is 0.677. The molecule has 74 valence electrons. The molecule has 0 fully saturated rings. The number of nitrogens with zero attached hydrogens (tertiary/aromatic N) is 2. The first-order chi connectivity index (χ1) is 7.45. The van der Waals surface area contributed by atoms with Gasteiger partial charge in [0.1, 0.15) is 0 Å². The Hall–Kier alpha value is -1.70. The van der Waals surface area contributed by atoms with Crippen LogP contribution in [0.5, 0.6) is 0 Å². The van der Waals surface area contributed by atoms with Gasteiger partial charge in [-0.15, -0.1) is 0 Å². The lowest BCUT2D eigenvalue weighted by Crippen LogP contribution is -2.17. The van der Waals surface area contributed by atoms with Crippen LogP contribution in [0.3, 0.4) is 0 Å². The van der Waals surface area contributed by atoms with E-state index in [4.69, 9.17) is 0 Å². The van der Waals surface area contributed by atoms with Gasteiger partial charge in [-0.2, -0.15) is 0 Å². The maximum Gasteiger partial charge on any atom is 0.0751 e. The highest BCUT2D eigenvalue weighted by Gasteiger charge is 2.31. The molecule has 15 heavy (non-hydrogen) atoms. The van der Waals surface area contributed by atoms with Crippen molar-refractivity contribution >= 4 is 6.21 Å². The van der Waals surface area contributed by atoms with Gasteiger partial charge in [0.15, 0.2) is 0 Å². The van der Waals surface area contributed by atoms with E-state index >= 15 is 0 Å². The number of aliphatic imine (C=N–C) groups is 1. The van der Waals surface area contributed by atoms with Gasteiger partial charge < -0.3 is 0 Å². The number of rotatable bonds is 1. The SMILES string of the molecule is C1=CC2N=CC(c3ccncc3)C2C=C1. The normalized spacial score (nSPS) is 31.9. The summed E-state index contributed by atoms with van der Waals surface area (Å²) in [5, 5.41) is 0. The molecular formula is C13H12N2. The molecule has 0 spiro atoms. The van der Waals surface area contributed by atoms with Crippen molar-refractivity contribution in [2.24, 2.45) is 10.9 Å². The highest BCUT2D eigenvalue weighted by molar-refractivity contribution is 5.72. The average molecular weight is 196 g/mol. The van der Waals surface area contributed by atoms with Gasteiger partial charge in [-0.25, -0.2) is 0 Å². The monoisotopic (exact) mass is 196 g/mol. The molecule has 1 aromatic heterocycles. The summed E-state index contributed by atoms with van der Waals surface area (Å²) < 4.78 is 0. The fourth-order valence-electron chi connectivity index (χ4n) is 2.28. The predicted molar refractivity (Wildman–Crippen MR) is 61.0 cm³/mol. The molecule has 2 nitrogen and oxygen atoms in total. The van der Waals surface area contributed by atoms with E-state index in [-0.39, 0.29) is 0 Å². The van der Waals surface area contributed by atoms with Crippen molar-refractivity contribution in [3.05, 3.63) is 54.4 Å². The molecule has 2 aliphatic rings. The van der Waals surface area contributed by atoms with Gasteiger partial charge in [-0.3, -0.25) is 9.98 Å². The molecule has 1 aliphatic carbocycles. The zero-order chi connectivity index (χ0) is 10.1. The molecule has 3 rings (SSSR count). The number of allylic oxidation sites excluding steroid dienone is 2. The second-order valence-corrected chi connectivity index (χ2v) is 3.94. The van der Waals surface area contributed by atoms with E-state index in [1.54, 1.807) is 0 Å². The van der Waals surface area contributed by atoms with E-state index in [9.17, 15) is 0 Å². The Morgan fingerprint density at radius 3 is 2.67 bits per heavy atom. The van der Waals surface area contributed by atoms with Gasteiger partial charge in [0.2, 0.25) is 0 Å². The number of pyridine rings is 1. The minimum absolute atomic E-state index is 0.341. The van der Waals surface area contributed by atoms with Crippen LogP contribution in [0.15, 0.2) is 53.8 Å². The Labute approximate surface area is 89.1 Å². The fraction of sp³-hybridized carbons (Fsp3) is 0.231. The fourth-order valence-corrected chi connectivity index (χ4v) is 2.28. The molecule has 3 atom stereocenters. The molecule has 0 N–H and O–H groups in total. The van der Waals surface area contributed by atoms with Crippen molar-refractivity contribution in [2.45, 2.75) is 12.0 Å². The van der Waals surface area contributed by atoms with Crippen molar-refractivity contribution in [2.75, 3.05) is 0 Å². The minimum Gasteiger partial charge on any atom is -0.289 e. The van der Waals surface area contributed by atoms with E-state index in [0.717, 1.165) is 0 Å².